The molecule has 0 spiro atoms. The molecule has 0 unspecified atom stereocenters. The van der Waals surface area contributed by atoms with Crippen molar-refractivity contribution in [2.75, 3.05) is 26.2 Å². The fourth-order valence-electron chi connectivity index (χ4n) is 4.31. The molecular weight excluding hydrogens is 384 g/mol. The number of nitrogens with zero attached hydrogens (tertiary/aromatic N) is 4. The molecule has 5 heteroatoms. The average Bonchev–Trinajstić information content (AvgIpc) is 3.33. The molecule has 0 atom stereocenters. The fraction of sp³-hybridized carbons (Fsp3) is 0.308. The molecule has 2 aromatic heterocycles. The summed E-state index contributed by atoms with van der Waals surface area (Å²) in [6.45, 7) is 4.35. The van der Waals surface area contributed by atoms with E-state index in [1.54, 1.807) is 0 Å². The minimum absolute atomic E-state index is 0.742. The molecule has 1 fully saturated rings. The van der Waals surface area contributed by atoms with Crippen LogP contribution in [0.25, 0.3) is 27.7 Å². The Morgan fingerprint density at radius 2 is 1.81 bits per heavy atom. The monoisotopic (exact) mass is 412 g/mol. The van der Waals surface area contributed by atoms with Crippen molar-refractivity contribution < 1.29 is 4.74 Å². The lowest BCUT2D eigenvalue weighted by Gasteiger charge is -2.26. The molecule has 0 aliphatic carbocycles. The van der Waals surface area contributed by atoms with Gasteiger partial charge in [0.25, 0.3) is 0 Å². The van der Waals surface area contributed by atoms with Crippen LogP contribution in [0.2, 0.25) is 0 Å². The van der Waals surface area contributed by atoms with Crippen LogP contribution in [-0.4, -0.2) is 45.9 Å². The number of hydrogen-bond donors (Lipinski definition) is 0. The van der Waals surface area contributed by atoms with Crippen molar-refractivity contribution in [3.63, 3.8) is 0 Å². The highest BCUT2D eigenvalue weighted by Crippen LogP contribution is 2.30. The molecule has 0 amide bonds. The van der Waals surface area contributed by atoms with E-state index in [4.69, 9.17) is 4.74 Å². The smallest absolute Gasteiger partial charge is 0.121 e. The van der Waals surface area contributed by atoms with Crippen molar-refractivity contribution in [1.29, 1.82) is 0 Å². The maximum Gasteiger partial charge on any atom is 0.121 e. The number of hydrogen-bond acceptors (Lipinski definition) is 4. The summed E-state index contributed by atoms with van der Waals surface area (Å²) in [4.78, 5) is 7.13. The van der Waals surface area contributed by atoms with Crippen molar-refractivity contribution in [3.05, 3.63) is 73.2 Å². The predicted molar refractivity (Wildman–Crippen MR) is 125 cm³/mol. The Kier molecular flexibility index (Phi) is 5.94. The van der Waals surface area contributed by atoms with Crippen LogP contribution in [0.4, 0.5) is 0 Å². The highest BCUT2D eigenvalue weighted by Gasteiger charge is 2.11. The molecule has 31 heavy (non-hydrogen) atoms. The minimum atomic E-state index is 0.742. The van der Waals surface area contributed by atoms with Crippen LogP contribution in [0, 0.1) is 0 Å². The molecule has 0 saturated carbocycles. The van der Waals surface area contributed by atoms with Gasteiger partial charge >= 0.3 is 0 Å². The Morgan fingerprint density at radius 1 is 0.935 bits per heavy atom. The number of ether oxygens (including phenoxy) is 1. The summed E-state index contributed by atoms with van der Waals surface area (Å²) >= 11 is 0. The van der Waals surface area contributed by atoms with Crippen LogP contribution in [0.1, 0.15) is 25.7 Å². The summed E-state index contributed by atoms with van der Waals surface area (Å²) in [6, 6.07) is 18.4. The standard InChI is InChI=1S/C26H28N4O/c1-3-8-22(9-4-1)30-20-21(19-28-30)24-12-13-27-26-18-23(10-11-25(24)26)31-17-7-16-29-14-5-2-6-15-29/h1,3-4,8-13,18-20H,2,5-7,14-17H2. The van der Waals surface area contributed by atoms with E-state index in [-0.39, 0.29) is 0 Å². The molecule has 158 valence electrons. The lowest BCUT2D eigenvalue weighted by molar-refractivity contribution is 0.205. The predicted octanol–water partition coefficient (Wildman–Crippen LogP) is 5.34. The van der Waals surface area contributed by atoms with Crippen LogP contribution in [0.3, 0.4) is 0 Å². The molecule has 1 aliphatic rings. The SMILES string of the molecule is c1ccc(-n2cc(-c3ccnc4cc(OCCCN5CCCCC5)ccc34)cn2)cc1. The van der Waals surface area contributed by atoms with Gasteiger partial charge in [0.2, 0.25) is 0 Å². The van der Waals surface area contributed by atoms with Gasteiger partial charge < -0.3 is 9.64 Å². The topological polar surface area (TPSA) is 43.2 Å². The van der Waals surface area contributed by atoms with E-state index in [1.807, 2.05) is 47.4 Å². The van der Waals surface area contributed by atoms with Gasteiger partial charge in [-0.1, -0.05) is 24.6 Å². The Labute approximate surface area is 183 Å². The van der Waals surface area contributed by atoms with E-state index in [0.717, 1.165) is 53.0 Å². The first-order valence-electron chi connectivity index (χ1n) is 11.2. The highest BCUT2D eigenvalue weighted by molar-refractivity contribution is 5.94. The van der Waals surface area contributed by atoms with Gasteiger partial charge in [-0.15, -0.1) is 0 Å². The molecule has 5 nitrogen and oxygen atoms in total. The van der Waals surface area contributed by atoms with Gasteiger partial charge in [0.15, 0.2) is 0 Å². The number of rotatable bonds is 7. The summed E-state index contributed by atoms with van der Waals surface area (Å²) in [5.74, 6) is 0.885. The zero-order valence-corrected chi connectivity index (χ0v) is 17.8. The van der Waals surface area contributed by atoms with Gasteiger partial charge in [-0.2, -0.15) is 5.10 Å². The van der Waals surface area contributed by atoms with E-state index < -0.39 is 0 Å². The fourth-order valence-corrected chi connectivity index (χ4v) is 4.31. The molecule has 0 N–H and O–H groups in total. The maximum atomic E-state index is 6.03. The third-order valence-electron chi connectivity index (χ3n) is 5.96. The molecule has 3 heterocycles. The van der Waals surface area contributed by atoms with Crippen molar-refractivity contribution >= 4 is 10.9 Å². The van der Waals surface area contributed by atoms with Crippen molar-refractivity contribution in [2.45, 2.75) is 25.7 Å². The first-order valence-corrected chi connectivity index (χ1v) is 11.2. The van der Waals surface area contributed by atoms with Crippen LogP contribution in [0.15, 0.2) is 73.2 Å². The third kappa shape index (κ3) is 4.62. The number of benzene rings is 2. The van der Waals surface area contributed by atoms with Crippen molar-refractivity contribution in [2.24, 2.45) is 0 Å². The Hall–Kier alpha value is -3.18. The van der Waals surface area contributed by atoms with Crippen LogP contribution in [0.5, 0.6) is 5.75 Å². The van der Waals surface area contributed by atoms with Gasteiger partial charge in [-0.3, -0.25) is 4.98 Å². The van der Waals surface area contributed by atoms with E-state index in [9.17, 15) is 0 Å². The summed E-state index contributed by atoms with van der Waals surface area (Å²) in [5, 5.41) is 5.65. The quantitative estimate of drug-likeness (QED) is 0.384. The zero-order chi connectivity index (χ0) is 20.9. The number of aromatic nitrogens is 3. The van der Waals surface area contributed by atoms with Crippen molar-refractivity contribution in [1.82, 2.24) is 19.7 Å². The summed E-state index contributed by atoms with van der Waals surface area (Å²) in [6.07, 6.45) is 10.9. The number of pyridine rings is 1. The molecule has 0 bridgehead atoms. The number of para-hydroxylation sites is 1. The molecule has 2 aromatic carbocycles. The molecule has 5 rings (SSSR count). The van der Waals surface area contributed by atoms with Gasteiger partial charge in [0.1, 0.15) is 5.75 Å². The second-order valence-corrected chi connectivity index (χ2v) is 8.15. The average molecular weight is 413 g/mol. The molecule has 0 radical (unpaired) electrons. The second kappa shape index (κ2) is 9.31. The first-order chi connectivity index (χ1) is 15.4. The lowest BCUT2D eigenvalue weighted by atomic mass is 10.0. The Morgan fingerprint density at radius 3 is 2.68 bits per heavy atom. The van der Waals surface area contributed by atoms with Gasteiger partial charge in [-0.25, -0.2) is 4.68 Å². The van der Waals surface area contributed by atoms with Crippen LogP contribution < -0.4 is 4.74 Å². The van der Waals surface area contributed by atoms with Gasteiger partial charge in [0.05, 0.1) is 24.0 Å². The lowest BCUT2D eigenvalue weighted by Crippen LogP contribution is -2.31. The molecular formula is C26H28N4O. The van der Waals surface area contributed by atoms with Crippen LogP contribution >= 0.6 is 0 Å². The zero-order valence-electron chi connectivity index (χ0n) is 17.8. The minimum Gasteiger partial charge on any atom is -0.493 e. The van der Waals surface area contributed by atoms with Crippen LogP contribution in [-0.2, 0) is 0 Å². The van der Waals surface area contributed by atoms with Gasteiger partial charge in [0, 0.05) is 36.0 Å². The summed E-state index contributed by atoms with van der Waals surface area (Å²) in [5.41, 5.74) is 4.20. The Bertz CT molecular complexity index is 1130. The van der Waals surface area contributed by atoms with E-state index >= 15 is 0 Å². The molecule has 1 aliphatic heterocycles. The third-order valence-corrected chi connectivity index (χ3v) is 5.96. The number of fused-ring (bicyclic) bond motifs is 1. The van der Waals surface area contributed by atoms with E-state index in [0.29, 0.717) is 0 Å². The number of piperidine rings is 1. The summed E-state index contributed by atoms with van der Waals surface area (Å²) < 4.78 is 7.93. The summed E-state index contributed by atoms with van der Waals surface area (Å²) in [7, 11) is 0. The highest BCUT2D eigenvalue weighted by atomic mass is 16.5. The second-order valence-electron chi connectivity index (χ2n) is 8.15. The molecule has 1 saturated heterocycles. The largest absolute Gasteiger partial charge is 0.493 e. The molecule has 4 aromatic rings. The normalized spacial score (nSPS) is 14.7. The van der Waals surface area contributed by atoms with E-state index in [1.165, 1.54) is 32.4 Å². The maximum absolute atomic E-state index is 6.03. The Balaban J connectivity index is 1.28. The first kappa shape index (κ1) is 19.8. The number of likely N-dealkylation sites (tertiary alicyclic amines) is 1. The van der Waals surface area contributed by atoms with Gasteiger partial charge in [-0.05, 0) is 68.2 Å². The van der Waals surface area contributed by atoms with Crippen molar-refractivity contribution in [3.8, 4) is 22.6 Å². The van der Waals surface area contributed by atoms with E-state index in [2.05, 4.69) is 45.4 Å².